The van der Waals surface area contributed by atoms with E-state index in [4.69, 9.17) is 5.73 Å². The van der Waals surface area contributed by atoms with Gasteiger partial charge in [0.2, 0.25) is 10.0 Å². The lowest BCUT2D eigenvalue weighted by Gasteiger charge is -2.31. The van der Waals surface area contributed by atoms with Crippen molar-refractivity contribution in [1.29, 1.82) is 0 Å². The van der Waals surface area contributed by atoms with Gasteiger partial charge in [-0.3, -0.25) is 0 Å². The average Bonchev–Trinajstić information content (AvgIpc) is 2.39. The second-order valence-corrected chi connectivity index (χ2v) is 6.72. The van der Waals surface area contributed by atoms with E-state index in [0.29, 0.717) is 24.3 Å². The van der Waals surface area contributed by atoms with E-state index in [1.807, 2.05) is 32.9 Å². The average molecular weight is 321 g/mol. The highest BCUT2D eigenvalue weighted by Gasteiger charge is 2.31. The van der Waals surface area contributed by atoms with Crippen molar-refractivity contribution in [2.75, 3.05) is 6.54 Å². The van der Waals surface area contributed by atoms with Crippen LogP contribution in [0.5, 0.6) is 0 Å². The number of aryl methyl sites for hydroxylation is 2. The lowest BCUT2D eigenvalue weighted by molar-refractivity contribution is 0.363. The van der Waals surface area contributed by atoms with Crippen LogP contribution in [0.1, 0.15) is 37.8 Å². The summed E-state index contributed by atoms with van der Waals surface area (Å²) in [5.74, 6) is 0. The molecular formula is C14H25ClN2O2S. The molecule has 4 nitrogen and oxygen atoms in total. The maximum Gasteiger partial charge on any atom is 0.241 e. The van der Waals surface area contributed by atoms with Gasteiger partial charge in [0.05, 0.1) is 4.90 Å². The molecule has 3 N–H and O–H groups in total. The molecule has 0 aliphatic heterocycles. The third-order valence-electron chi connectivity index (χ3n) is 3.73. The van der Waals surface area contributed by atoms with Gasteiger partial charge in [-0.15, -0.1) is 12.4 Å². The molecule has 0 fully saturated rings. The largest absolute Gasteiger partial charge is 0.329 e. The SMILES string of the molecule is CCC(CC)(CN)NS(=O)(=O)c1cc(C)ccc1C.Cl. The molecule has 20 heavy (non-hydrogen) atoms. The van der Waals surface area contributed by atoms with E-state index in [-0.39, 0.29) is 12.4 Å². The number of sulfonamides is 1. The van der Waals surface area contributed by atoms with Crippen molar-refractivity contribution in [3.63, 3.8) is 0 Å². The zero-order valence-electron chi connectivity index (χ0n) is 12.6. The molecule has 1 rings (SSSR count). The lowest BCUT2D eigenvalue weighted by Crippen LogP contribution is -2.52. The molecule has 0 unspecified atom stereocenters. The molecule has 1 aromatic rings. The molecule has 0 radical (unpaired) electrons. The zero-order chi connectivity index (χ0) is 14.7. The quantitative estimate of drug-likeness (QED) is 0.846. The van der Waals surface area contributed by atoms with Gasteiger partial charge in [-0.25, -0.2) is 13.1 Å². The molecule has 6 heteroatoms. The highest BCUT2D eigenvalue weighted by atomic mass is 35.5. The van der Waals surface area contributed by atoms with Gasteiger partial charge in [-0.05, 0) is 43.9 Å². The molecule has 0 amide bonds. The molecule has 0 atom stereocenters. The van der Waals surface area contributed by atoms with E-state index in [1.165, 1.54) is 0 Å². The summed E-state index contributed by atoms with van der Waals surface area (Å²) in [7, 11) is -3.54. The summed E-state index contributed by atoms with van der Waals surface area (Å²) in [6.07, 6.45) is 1.34. The molecule has 0 saturated carbocycles. The van der Waals surface area contributed by atoms with Gasteiger partial charge in [0.25, 0.3) is 0 Å². The Bertz CT molecular complexity index is 532. The summed E-state index contributed by atoms with van der Waals surface area (Å²) in [5, 5.41) is 0. The van der Waals surface area contributed by atoms with Gasteiger partial charge in [-0.1, -0.05) is 26.0 Å². The topological polar surface area (TPSA) is 72.2 Å². The van der Waals surface area contributed by atoms with Gasteiger partial charge in [0.1, 0.15) is 0 Å². The standard InChI is InChI=1S/C14H24N2O2S.ClH/c1-5-14(6-2,10-15)16-19(17,18)13-9-11(3)7-8-12(13)4;/h7-9,16H,5-6,10,15H2,1-4H3;1H. The van der Waals surface area contributed by atoms with E-state index >= 15 is 0 Å². The third-order valence-corrected chi connectivity index (χ3v) is 5.45. The van der Waals surface area contributed by atoms with Gasteiger partial charge in [-0.2, -0.15) is 0 Å². The Hall–Kier alpha value is -0.620. The van der Waals surface area contributed by atoms with Crippen molar-refractivity contribution in [3.8, 4) is 0 Å². The summed E-state index contributed by atoms with van der Waals surface area (Å²) in [5.41, 5.74) is 6.87. The molecule has 116 valence electrons. The first-order valence-corrected chi connectivity index (χ1v) is 8.10. The fraction of sp³-hybridized carbons (Fsp3) is 0.571. The second kappa shape index (κ2) is 7.41. The number of halogens is 1. The molecule has 0 aliphatic rings. The molecule has 0 bridgehead atoms. The molecule has 0 heterocycles. The van der Waals surface area contributed by atoms with Crippen molar-refractivity contribution < 1.29 is 8.42 Å². The molecule has 0 saturated heterocycles. The highest BCUT2D eigenvalue weighted by Crippen LogP contribution is 2.21. The summed E-state index contributed by atoms with van der Waals surface area (Å²) in [6.45, 7) is 7.87. The second-order valence-electron chi connectivity index (χ2n) is 5.07. The summed E-state index contributed by atoms with van der Waals surface area (Å²) < 4.78 is 27.8. The number of rotatable bonds is 6. The number of nitrogens with one attached hydrogen (secondary N) is 1. The minimum absolute atomic E-state index is 0. The molecule has 0 spiro atoms. The van der Waals surface area contributed by atoms with Crippen molar-refractivity contribution in [2.24, 2.45) is 5.73 Å². The number of hydrogen-bond donors (Lipinski definition) is 2. The Morgan fingerprint density at radius 2 is 1.75 bits per heavy atom. The van der Waals surface area contributed by atoms with Crippen molar-refractivity contribution in [2.45, 2.75) is 51.0 Å². The highest BCUT2D eigenvalue weighted by molar-refractivity contribution is 7.89. The molecule has 0 aromatic heterocycles. The smallest absolute Gasteiger partial charge is 0.241 e. The first-order chi connectivity index (χ1) is 8.80. The van der Waals surface area contributed by atoms with E-state index in [9.17, 15) is 8.42 Å². The predicted octanol–water partition coefficient (Wildman–Crippen LogP) is 2.52. The van der Waals surface area contributed by atoms with Gasteiger partial charge >= 0.3 is 0 Å². The van der Waals surface area contributed by atoms with Crippen LogP contribution in [-0.2, 0) is 10.0 Å². The van der Waals surface area contributed by atoms with Crippen LogP contribution in [0.3, 0.4) is 0 Å². The van der Waals surface area contributed by atoms with Crippen LogP contribution in [-0.4, -0.2) is 20.5 Å². The fourth-order valence-electron chi connectivity index (χ4n) is 2.06. The number of hydrogen-bond acceptors (Lipinski definition) is 3. The van der Waals surface area contributed by atoms with Crippen molar-refractivity contribution in [3.05, 3.63) is 29.3 Å². The minimum Gasteiger partial charge on any atom is -0.329 e. The maximum atomic E-state index is 12.5. The molecule has 1 aromatic carbocycles. The van der Waals surface area contributed by atoms with Crippen LogP contribution >= 0.6 is 12.4 Å². The number of nitrogens with two attached hydrogens (primary N) is 1. The van der Waals surface area contributed by atoms with Crippen molar-refractivity contribution >= 4 is 22.4 Å². The Morgan fingerprint density at radius 3 is 2.20 bits per heavy atom. The van der Waals surface area contributed by atoms with Gasteiger partial charge < -0.3 is 5.73 Å². The van der Waals surface area contributed by atoms with E-state index in [0.717, 1.165) is 11.1 Å². The van der Waals surface area contributed by atoms with Crippen LogP contribution in [0.4, 0.5) is 0 Å². The van der Waals surface area contributed by atoms with Crippen molar-refractivity contribution in [1.82, 2.24) is 4.72 Å². The first-order valence-electron chi connectivity index (χ1n) is 6.61. The minimum atomic E-state index is -3.54. The molecular weight excluding hydrogens is 296 g/mol. The number of benzene rings is 1. The first kappa shape index (κ1) is 19.4. The summed E-state index contributed by atoms with van der Waals surface area (Å²) in [4.78, 5) is 0.340. The predicted molar refractivity (Wildman–Crippen MR) is 85.9 cm³/mol. The zero-order valence-corrected chi connectivity index (χ0v) is 14.2. The van der Waals surface area contributed by atoms with Crippen LogP contribution in [0.15, 0.2) is 23.1 Å². The Labute approximate surface area is 128 Å². The maximum absolute atomic E-state index is 12.5. The summed E-state index contributed by atoms with van der Waals surface area (Å²) in [6, 6.07) is 5.43. The normalized spacial score (nSPS) is 12.1. The monoisotopic (exact) mass is 320 g/mol. The molecule has 0 aliphatic carbocycles. The van der Waals surface area contributed by atoms with Crippen LogP contribution in [0, 0.1) is 13.8 Å². The van der Waals surface area contributed by atoms with E-state index in [1.54, 1.807) is 13.0 Å². The van der Waals surface area contributed by atoms with Gasteiger partial charge in [0.15, 0.2) is 0 Å². The Kier molecular flexibility index (Phi) is 7.18. The van der Waals surface area contributed by atoms with E-state index < -0.39 is 15.6 Å². The Morgan fingerprint density at radius 1 is 1.20 bits per heavy atom. The fourth-order valence-corrected chi connectivity index (χ4v) is 3.95. The van der Waals surface area contributed by atoms with Crippen LogP contribution in [0.2, 0.25) is 0 Å². The summed E-state index contributed by atoms with van der Waals surface area (Å²) >= 11 is 0. The van der Waals surface area contributed by atoms with Gasteiger partial charge in [0, 0.05) is 12.1 Å². The third kappa shape index (κ3) is 4.19. The van der Waals surface area contributed by atoms with E-state index in [2.05, 4.69) is 4.72 Å². The van der Waals surface area contributed by atoms with Crippen LogP contribution in [0.25, 0.3) is 0 Å². The Balaban J connectivity index is 0.00000361. The lowest BCUT2D eigenvalue weighted by atomic mass is 9.95. The van der Waals surface area contributed by atoms with Crippen LogP contribution < -0.4 is 10.5 Å².